The van der Waals surface area contributed by atoms with Crippen LogP contribution in [0.3, 0.4) is 0 Å². The van der Waals surface area contributed by atoms with E-state index in [2.05, 4.69) is 26.2 Å². The monoisotopic (exact) mass is 307 g/mol. The van der Waals surface area contributed by atoms with E-state index in [0.29, 0.717) is 4.68 Å². The highest BCUT2D eigenvalue weighted by Crippen LogP contribution is 2.46. The van der Waals surface area contributed by atoms with Crippen LogP contribution < -0.4 is 0 Å². The summed E-state index contributed by atoms with van der Waals surface area (Å²) in [5.74, 6) is -4.99. The Morgan fingerprint density at radius 1 is 1.19 bits per heavy atom. The Hall–Kier alpha value is -0.730. The van der Waals surface area contributed by atoms with Crippen molar-refractivity contribution in [2.75, 3.05) is 0 Å². The van der Waals surface area contributed by atoms with Crippen molar-refractivity contribution in [3.8, 4) is 0 Å². The van der Waals surface area contributed by atoms with Crippen molar-refractivity contribution in [2.45, 2.75) is 32.0 Å². The minimum Gasteiger partial charge on any atom is -0.239 e. The second kappa shape index (κ2) is 3.94. The van der Waals surface area contributed by atoms with Gasteiger partial charge >= 0.3 is 12.1 Å². The molecule has 0 amide bonds. The second-order valence-corrected chi connectivity index (χ2v) is 4.09. The minimum absolute atomic E-state index is 0.539. The smallest absolute Gasteiger partial charge is 0.239 e. The molecule has 0 saturated carbocycles. The second-order valence-electron chi connectivity index (χ2n) is 3.34. The van der Waals surface area contributed by atoms with Crippen molar-refractivity contribution in [2.24, 2.45) is 0 Å². The molecule has 1 heterocycles. The van der Waals surface area contributed by atoms with Gasteiger partial charge in [-0.25, -0.2) is 4.68 Å². The highest BCUT2D eigenvalue weighted by molar-refractivity contribution is 9.10. The first kappa shape index (κ1) is 13.3. The first-order chi connectivity index (χ1) is 7.09. The van der Waals surface area contributed by atoms with E-state index in [1.807, 2.05) is 0 Å². The van der Waals surface area contributed by atoms with Gasteiger partial charge in [-0.2, -0.15) is 22.0 Å². The Morgan fingerprint density at radius 2 is 1.69 bits per heavy atom. The van der Waals surface area contributed by atoms with Gasteiger partial charge in [-0.1, -0.05) is 5.21 Å². The number of hydrogen-bond donors (Lipinski definition) is 0. The average molecular weight is 308 g/mol. The van der Waals surface area contributed by atoms with Crippen LogP contribution in [0.15, 0.2) is 4.60 Å². The van der Waals surface area contributed by atoms with Gasteiger partial charge < -0.3 is 0 Å². The molecule has 1 rings (SSSR count). The van der Waals surface area contributed by atoms with Gasteiger partial charge in [0.1, 0.15) is 0 Å². The summed E-state index contributed by atoms with van der Waals surface area (Å²) in [6, 6.07) is -0.651. The Labute approximate surface area is 95.7 Å². The molecule has 0 radical (unpaired) electrons. The fraction of sp³-hybridized carbons (Fsp3) is 0.714. The average Bonchev–Trinajstić information content (AvgIpc) is 2.45. The first-order valence-corrected chi connectivity index (χ1v) is 4.94. The molecule has 3 nitrogen and oxygen atoms in total. The largest absolute Gasteiger partial charge is 0.459 e. The van der Waals surface area contributed by atoms with E-state index in [1.54, 1.807) is 0 Å². The third-order valence-corrected chi connectivity index (χ3v) is 2.33. The number of halogens is 6. The molecule has 0 spiro atoms. The zero-order chi connectivity index (χ0) is 12.7. The minimum atomic E-state index is -5.68. The Balaban J connectivity index is 3.37. The molecule has 0 atom stereocenters. The number of aromatic nitrogens is 3. The number of rotatable bonds is 2. The van der Waals surface area contributed by atoms with Crippen LogP contribution >= 0.6 is 15.9 Å². The first-order valence-electron chi connectivity index (χ1n) is 4.14. The molecule has 1 aromatic heterocycles. The van der Waals surface area contributed by atoms with Crippen molar-refractivity contribution in [3.05, 3.63) is 10.3 Å². The number of alkyl halides is 5. The summed E-state index contributed by atoms with van der Waals surface area (Å²) in [6.07, 6.45) is -5.68. The van der Waals surface area contributed by atoms with Crippen molar-refractivity contribution in [1.82, 2.24) is 15.0 Å². The van der Waals surface area contributed by atoms with Crippen LogP contribution in [-0.4, -0.2) is 21.2 Å². The van der Waals surface area contributed by atoms with Gasteiger partial charge in [0.05, 0.1) is 0 Å². The molecule has 0 aliphatic rings. The summed E-state index contributed by atoms with van der Waals surface area (Å²) >= 11 is 2.54. The molecule has 0 aromatic carbocycles. The van der Waals surface area contributed by atoms with E-state index in [-0.39, 0.29) is 0 Å². The van der Waals surface area contributed by atoms with Gasteiger partial charge in [0.25, 0.3) is 0 Å². The zero-order valence-corrected chi connectivity index (χ0v) is 9.77. The predicted molar refractivity (Wildman–Crippen MR) is 48.1 cm³/mol. The van der Waals surface area contributed by atoms with Gasteiger partial charge in [-0.3, -0.25) is 0 Å². The molecule has 0 aliphatic carbocycles. The van der Waals surface area contributed by atoms with Gasteiger partial charge in [-0.05, 0) is 29.8 Å². The maximum atomic E-state index is 13.1. The highest BCUT2D eigenvalue weighted by atomic mass is 79.9. The number of hydrogen-bond acceptors (Lipinski definition) is 2. The van der Waals surface area contributed by atoms with Crippen molar-refractivity contribution in [1.29, 1.82) is 0 Å². The molecular weight excluding hydrogens is 301 g/mol. The predicted octanol–water partition coefficient (Wildman–Crippen LogP) is 3.28. The maximum absolute atomic E-state index is 13.1. The van der Waals surface area contributed by atoms with E-state index in [4.69, 9.17) is 0 Å². The molecule has 0 saturated heterocycles. The van der Waals surface area contributed by atoms with Crippen LogP contribution in [0.4, 0.5) is 22.0 Å². The molecule has 92 valence electrons. The van der Waals surface area contributed by atoms with Gasteiger partial charge in [0.2, 0.25) is 0 Å². The third kappa shape index (κ3) is 2.04. The van der Waals surface area contributed by atoms with E-state index < -0.39 is 28.4 Å². The summed E-state index contributed by atoms with van der Waals surface area (Å²) in [4.78, 5) is 0. The van der Waals surface area contributed by atoms with Gasteiger partial charge in [0.15, 0.2) is 10.3 Å². The molecule has 16 heavy (non-hydrogen) atoms. The summed E-state index contributed by atoms with van der Waals surface area (Å²) in [5, 5.41) is 6.40. The lowest BCUT2D eigenvalue weighted by molar-refractivity contribution is -0.292. The van der Waals surface area contributed by atoms with Crippen LogP contribution in [0.25, 0.3) is 0 Å². The molecular formula is C7H7BrF5N3. The van der Waals surface area contributed by atoms with Crippen LogP contribution in [0.1, 0.15) is 25.6 Å². The van der Waals surface area contributed by atoms with E-state index >= 15 is 0 Å². The summed E-state index contributed by atoms with van der Waals surface area (Å²) < 4.78 is 62.7. The Bertz CT molecular complexity index is 384. The van der Waals surface area contributed by atoms with Crippen LogP contribution in [-0.2, 0) is 5.92 Å². The standard InChI is InChI=1S/C7H7BrF5N3/c1-3(2)16-4(5(8)14-15-16)6(9,10)7(11,12)13/h3H,1-2H3. The molecule has 0 fully saturated rings. The van der Waals surface area contributed by atoms with Crippen molar-refractivity contribution >= 4 is 15.9 Å². The van der Waals surface area contributed by atoms with Crippen molar-refractivity contribution < 1.29 is 22.0 Å². The normalized spacial score (nSPS) is 13.6. The molecule has 0 N–H and O–H groups in total. The quantitative estimate of drug-likeness (QED) is 0.785. The Morgan fingerprint density at radius 3 is 2.06 bits per heavy atom. The topological polar surface area (TPSA) is 30.7 Å². The zero-order valence-electron chi connectivity index (χ0n) is 8.19. The van der Waals surface area contributed by atoms with Crippen LogP contribution in [0, 0.1) is 0 Å². The summed E-state index contributed by atoms with van der Waals surface area (Å²) in [5.41, 5.74) is -1.28. The lowest BCUT2D eigenvalue weighted by atomic mass is 10.2. The molecule has 0 aliphatic heterocycles. The molecule has 0 bridgehead atoms. The van der Waals surface area contributed by atoms with E-state index in [0.717, 1.165) is 0 Å². The van der Waals surface area contributed by atoms with Crippen LogP contribution in [0.5, 0.6) is 0 Å². The van der Waals surface area contributed by atoms with E-state index in [1.165, 1.54) is 13.8 Å². The lowest BCUT2D eigenvalue weighted by Gasteiger charge is -2.21. The summed E-state index contributed by atoms with van der Waals surface area (Å²) in [7, 11) is 0. The van der Waals surface area contributed by atoms with Crippen molar-refractivity contribution in [3.63, 3.8) is 0 Å². The molecule has 0 unspecified atom stereocenters. The Kier molecular flexibility index (Phi) is 3.28. The third-order valence-electron chi connectivity index (χ3n) is 1.80. The fourth-order valence-corrected chi connectivity index (χ4v) is 1.54. The number of nitrogens with zero attached hydrogens (tertiary/aromatic N) is 3. The molecule has 9 heteroatoms. The van der Waals surface area contributed by atoms with Crippen LogP contribution in [0.2, 0.25) is 0 Å². The van der Waals surface area contributed by atoms with Gasteiger partial charge in [-0.15, -0.1) is 5.10 Å². The highest BCUT2D eigenvalue weighted by Gasteiger charge is 2.62. The maximum Gasteiger partial charge on any atom is 0.459 e. The lowest BCUT2D eigenvalue weighted by Crippen LogP contribution is -2.36. The SMILES string of the molecule is CC(C)n1nnc(Br)c1C(F)(F)C(F)(F)F. The fourth-order valence-electron chi connectivity index (χ4n) is 1.04. The van der Waals surface area contributed by atoms with Gasteiger partial charge in [0, 0.05) is 6.04 Å². The molecule has 1 aromatic rings. The van der Waals surface area contributed by atoms with E-state index in [9.17, 15) is 22.0 Å². The summed E-state index contributed by atoms with van der Waals surface area (Å²) in [6.45, 7) is 2.86.